The van der Waals surface area contributed by atoms with E-state index < -0.39 is 0 Å². The SMILES string of the molecule is CCc1cccc(C(=O)N2CCC(O)CC2)c1O. The van der Waals surface area contributed by atoms with E-state index in [1.807, 2.05) is 13.0 Å². The number of phenols is 1. The Morgan fingerprint density at radius 2 is 2.06 bits per heavy atom. The minimum atomic E-state index is -0.301. The molecule has 4 heteroatoms. The van der Waals surface area contributed by atoms with Gasteiger partial charge in [-0.2, -0.15) is 0 Å². The molecule has 1 heterocycles. The third-order valence-electron chi connectivity index (χ3n) is 3.48. The van der Waals surface area contributed by atoms with Gasteiger partial charge in [-0.25, -0.2) is 0 Å². The highest BCUT2D eigenvalue weighted by Crippen LogP contribution is 2.25. The van der Waals surface area contributed by atoms with Crippen LogP contribution >= 0.6 is 0 Å². The fraction of sp³-hybridized carbons (Fsp3) is 0.500. The highest BCUT2D eigenvalue weighted by atomic mass is 16.3. The predicted octanol–water partition coefficient (Wildman–Crippen LogP) is 1.55. The first kappa shape index (κ1) is 12.9. The summed E-state index contributed by atoms with van der Waals surface area (Å²) in [4.78, 5) is 14.0. The van der Waals surface area contributed by atoms with Crippen molar-refractivity contribution in [3.05, 3.63) is 29.3 Å². The number of amides is 1. The van der Waals surface area contributed by atoms with Crippen molar-refractivity contribution in [3.8, 4) is 5.75 Å². The smallest absolute Gasteiger partial charge is 0.257 e. The quantitative estimate of drug-likeness (QED) is 0.836. The van der Waals surface area contributed by atoms with Crippen LogP contribution in [0.1, 0.15) is 35.7 Å². The lowest BCUT2D eigenvalue weighted by atomic mass is 10.0. The van der Waals surface area contributed by atoms with Crippen LogP contribution in [0, 0.1) is 0 Å². The molecule has 1 aliphatic heterocycles. The van der Waals surface area contributed by atoms with Crippen LogP contribution in [0.4, 0.5) is 0 Å². The normalized spacial score (nSPS) is 16.9. The van der Waals surface area contributed by atoms with Crippen molar-refractivity contribution >= 4 is 5.91 Å². The lowest BCUT2D eigenvalue weighted by molar-refractivity contribution is 0.0544. The number of hydrogen-bond acceptors (Lipinski definition) is 3. The summed E-state index contributed by atoms with van der Waals surface area (Å²) >= 11 is 0. The molecule has 2 N–H and O–H groups in total. The third kappa shape index (κ3) is 2.48. The van der Waals surface area contributed by atoms with Crippen LogP contribution < -0.4 is 0 Å². The van der Waals surface area contributed by atoms with E-state index in [1.165, 1.54) is 0 Å². The van der Waals surface area contributed by atoms with Crippen LogP contribution in [0.25, 0.3) is 0 Å². The van der Waals surface area contributed by atoms with Gasteiger partial charge in [-0.3, -0.25) is 4.79 Å². The molecule has 1 amide bonds. The molecule has 0 atom stereocenters. The van der Waals surface area contributed by atoms with Crippen molar-refractivity contribution in [2.45, 2.75) is 32.3 Å². The van der Waals surface area contributed by atoms with Crippen LogP contribution in [0.5, 0.6) is 5.75 Å². The molecule has 1 saturated heterocycles. The van der Waals surface area contributed by atoms with Crippen LogP contribution in [-0.2, 0) is 6.42 Å². The van der Waals surface area contributed by atoms with Crippen LogP contribution in [-0.4, -0.2) is 40.2 Å². The van der Waals surface area contributed by atoms with Crippen molar-refractivity contribution in [2.24, 2.45) is 0 Å². The minimum Gasteiger partial charge on any atom is -0.507 e. The molecule has 1 aromatic rings. The summed E-state index contributed by atoms with van der Waals surface area (Å²) in [7, 11) is 0. The molecule has 0 aliphatic carbocycles. The summed E-state index contributed by atoms with van der Waals surface area (Å²) in [6, 6.07) is 5.28. The zero-order chi connectivity index (χ0) is 13.1. The molecule has 0 saturated carbocycles. The van der Waals surface area contributed by atoms with Crippen molar-refractivity contribution in [1.29, 1.82) is 0 Å². The molecule has 2 rings (SSSR count). The molecule has 1 aromatic carbocycles. The van der Waals surface area contributed by atoms with E-state index in [0.717, 1.165) is 5.56 Å². The highest BCUT2D eigenvalue weighted by molar-refractivity contribution is 5.97. The maximum absolute atomic E-state index is 12.3. The monoisotopic (exact) mass is 249 g/mol. The molecular weight excluding hydrogens is 230 g/mol. The number of aliphatic hydroxyl groups is 1. The molecule has 0 bridgehead atoms. The van der Waals surface area contributed by atoms with Crippen LogP contribution in [0.15, 0.2) is 18.2 Å². The molecule has 4 nitrogen and oxygen atoms in total. The van der Waals surface area contributed by atoms with Gasteiger partial charge in [0.15, 0.2) is 0 Å². The number of piperidine rings is 1. The van der Waals surface area contributed by atoms with E-state index in [2.05, 4.69) is 0 Å². The zero-order valence-electron chi connectivity index (χ0n) is 10.6. The fourth-order valence-electron chi connectivity index (χ4n) is 2.29. The van der Waals surface area contributed by atoms with Gasteiger partial charge in [0.1, 0.15) is 5.75 Å². The van der Waals surface area contributed by atoms with Crippen molar-refractivity contribution < 1.29 is 15.0 Å². The van der Waals surface area contributed by atoms with Gasteiger partial charge in [-0.1, -0.05) is 19.1 Å². The molecule has 18 heavy (non-hydrogen) atoms. The van der Waals surface area contributed by atoms with Gasteiger partial charge in [0.25, 0.3) is 5.91 Å². The Labute approximate surface area is 107 Å². The van der Waals surface area contributed by atoms with E-state index in [1.54, 1.807) is 17.0 Å². The summed E-state index contributed by atoms with van der Waals surface area (Å²) in [5.41, 5.74) is 1.16. The van der Waals surface area contributed by atoms with Crippen molar-refractivity contribution in [2.75, 3.05) is 13.1 Å². The third-order valence-corrected chi connectivity index (χ3v) is 3.48. The lowest BCUT2D eigenvalue weighted by Gasteiger charge is -2.30. The maximum Gasteiger partial charge on any atom is 0.257 e. The Morgan fingerprint density at radius 3 is 2.67 bits per heavy atom. The van der Waals surface area contributed by atoms with Gasteiger partial charge in [-0.15, -0.1) is 0 Å². The number of phenolic OH excluding ortho intramolecular Hbond substituents is 1. The number of aromatic hydroxyl groups is 1. The molecule has 0 unspecified atom stereocenters. The second kappa shape index (κ2) is 5.40. The number of nitrogens with zero attached hydrogens (tertiary/aromatic N) is 1. The number of aliphatic hydroxyl groups excluding tert-OH is 1. The predicted molar refractivity (Wildman–Crippen MR) is 68.6 cm³/mol. The Morgan fingerprint density at radius 1 is 1.39 bits per heavy atom. The highest BCUT2D eigenvalue weighted by Gasteiger charge is 2.24. The number of benzene rings is 1. The molecule has 0 radical (unpaired) electrons. The summed E-state index contributed by atoms with van der Waals surface area (Å²) in [5.74, 6) is -0.0502. The summed E-state index contributed by atoms with van der Waals surface area (Å²) in [6.07, 6.45) is 1.62. The Kier molecular flexibility index (Phi) is 3.87. The van der Waals surface area contributed by atoms with E-state index in [9.17, 15) is 15.0 Å². The van der Waals surface area contributed by atoms with Crippen molar-refractivity contribution in [1.82, 2.24) is 4.90 Å². The van der Waals surface area contributed by atoms with Gasteiger partial charge in [-0.05, 0) is 30.9 Å². The number of carbonyl (C=O) groups excluding carboxylic acids is 1. The van der Waals surface area contributed by atoms with Gasteiger partial charge in [0, 0.05) is 13.1 Å². The number of hydrogen-bond donors (Lipinski definition) is 2. The zero-order valence-corrected chi connectivity index (χ0v) is 10.6. The number of likely N-dealkylation sites (tertiary alicyclic amines) is 1. The number of carbonyl (C=O) groups is 1. The average Bonchev–Trinajstić information content (AvgIpc) is 2.39. The molecule has 0 aromatic heterocycles. The summed E-state index contributed by atoms with van der Waals surface area (Å²) < 4.78 is 0. The first-order valence-corrected chi connectivity index (χ1v) is 6.41. The first-order chi connectivity index (χ1) is 8.63. The van der Waals surface area contributed by atoms with Gasteiger partial charge in [0.05, 0.1) is 11.7 Å². The molecule has 98 valence electrons. The number of para-hydroxylation sites is 1. The molecule has 1 aliphatic rings. The second-order valence-corrected chi connectivity index (χ2v) is 4.69. The van der Waals surface area contributed by atoms with Gasteiger partial charge < -0.3 is 15.1 Å². The van der Waals surface area contributed by atoms with Gasteiger partial charge >= 0.3 is 0 Å². The molecule has 1 fully saturated rings. The van der Waals surface area contributed by atoms with E-state index in [4.69, 9.17) is 0 Å². The average molecular weight is 249 g/mol. The number of rotatable bonds is 2. The fourth-order valence-corrected chi connectivity index (χ4v) is 2.29. The van der Waals surface area contributed by atoms with E-state index in [-0.39, 0.29) is 17.8 Å². The summed E-state index contributed by atoms with van der Waals surface area (Å²) in [5, 5.41) is 19.5. The van der Waals surface area contributed by atoms with Gasteiger partial charge in [0.2, 0.25) is 0 Å². The topological polar surface area (TPSA) is 60.8 Å². The van der Waals surface area contributed by atoms with E-state index >= 15 is 0 Å². The lowest BCUT2D eigenvalue weighted by Crippen LogP contribution is -2.40. The van der Waals surface area contributed by atoms with Crippen LogP contribution in [0.2, 0.25) is 0 Å². The largest absolute Gasteiger partial charge is 0.507 e. The Hall–Kier alpha value is -1.55. The minimum absolute atomic E-state index is 0.0936. The first-order valence-electron chi connectivity index (χ1n) is 6.41. The summed E-state index contributed by atoms with van der Waals surface area (Å²) in [6.45, 7) is 3.05. The van der Waals surface area contributed by atoms with Crippen LogP contribution in [0.3, 0.4) is 0 Å². The molecule has 0 spiro atoms. The van der Waals surface area contributed by atoms with E-state index in [0.29, 0.717) is 37.9 Å². The van der Waals surface area contributed by atoms with Crippen molar-refractivity contribution in [3.63, 3.8) is 0 Å². The number of aryl methyl sites for hydroxylation is 1. The Balaban J connectivity index is 2.18. The maximum atomic E-state index is 12.3. The second-order valence-electron chi connectivity index (χ2n) is 4.69. The Bertz CT molecular complexity index is 437. The standard InChI is InChI=1S/C14H19NO3/c1-2-10-4-3-5-12(13(10)17)14(18)15-8-6-11(16)7-9-15/h3-5,11,16-17H,2,6-9H2,1H3. The molecular formula is C14H19NO3.